The van der Waals surface area contributed by atoms with E-state index in [9.17, 15) is 12.8 Å². The van der Waals surface area contributed by atoms with Gasteiger partial charge in [-0.1, -0.05) is 11.6 Å². The van der Waals surface area contributed by atoms with E-state index in [0.29, 0.717) is 0 Å². The monoisotopic (exact) mass is 262 g/mol. The molecule has 7 heteroatoms. The van der Waals surface area contributed by atoms with Crippen molar-refractivity contribution >= 4 is 21.6 Å². The standard InChI is InChI=1S/C9H8ClFN2O2S/c1-13(3-2-12)16(14,15)9-5-7(10)4-8(11)6-9/h4-6H,3H2,1H3. The second-order valence-corrected chi connectivity index (χ2v) is 5.51. The maximum absolute atomic E-state index is 13.0. The first-order chi connectivity index (χ1) is 7.37. The summed E-state index contributed by atoms with van der Waals surface area (Å²) in [6.07, 6.45) is 0. The van der Waals surface area contributed by atoms with Crippen LogP contribution in [-0.2, 0) is 10.0 Å². The zero-order valence-electron chi connectivity index (χ0n) is 8.31. The molecule has 0 atom stereocenters. The summed E-state index contributed by atoms with van der Waals surface area (Å²) in [6, 6.07) is 4.69. The van der Waals surface area contributed by atoms with E-state index >= 15 is 0 Å². The van der Waals surface area contributed by atoms with Crippen LogP contribution in [0.1, 0.15) is 0 Å². The topological polar surface area (TPSA) is 61.2 Å². The van der Waals surface area contributed by atoms with Crippen molar-refractivity contribution in [3.8, 4) is 6.07 Å². The predicted octanol–water partition coefficient (Wildman–Crippen LogP) is 1.62. The van der Waals surface area contributed by atoms with Gasteiger partial charge in [-0.25, -0.2) is 12.8 Å². The van der Waals surface area contributed by atoms with Gasteiger partial charge >= 0.3 is 0 Å². The number of sulfonamides is 1. The molecular weight excluding hydrogens is 255 g/mol. The van der Waals surface area contributed by atoms with Gasteiger partial charge in [0.2, 0.25) is 10.0 Å². The van der Waals surface area contributed by atoms with E-state index in [1.165, 1.54) is 7.05 Å². The molecule has 0 heterocycles. The Morgan fingerprint density at radius 3 is 2.62 bits per heavy atom. The van der Waals surface area contributed by atoms with E-state index in [1.807, 2.05) is 0 Å². The lowest BCUT2D eigenvalue weighted by Gasteiger charge is -2.13. The van der Waals surface area contributed by atoms with Gasteiger partial charge < -0.3 is 0 Å². The normalized spacial score (nSPS) is 11.4. The Labute approximate surface area is 97.9 Å². The van der Waals surface area contributed by atoms with E-state index in [-0.39, 0.29) is 16.5 Å². The van der Waals surface area contributed by atoms with Crippen LogP contribution in [0.3, 0.4) is 0 Å². The van der Waals surface area contributed by atoms with Gasteiger partial charge in [-0.05, 0) is 18.2 Å². The molecule has 0 bridgehead atoms. The van der Waals surface area contributed by atoms with Crippen LogP contribution in [0.4, 0.5) is 4.39 Å². The van der Waals surface area contributed by atoms with Gasteiger partial charge in [-0.3, -0.25) is 0 Å². The average molecular weight is 263 g/mol. The summed E-state index contributed by atoms with van der Waals surface area (Å²) >= 11 is 5.55. The van der Waals surface area contributed by atoms with E-state index in [0.717, 1.165) is 22.5 Å². The number of halogens is 2. The number of nitriles is 1. The fraction of sp³-hybridized carbons (Fsp3) is 0.222. The van der Waals surface area contributed by atoms with Crippen molar-refractivity contribution in [1.29, 1.82) is 5.26 Å². The van der Waals surface area contributed by atoms with Crippen LogP contribution in [0.5, 0.6) is 0 Å². The van der Waals surface area contributed by atoms with Crippen LogP contribution in [0.2, 0.25) is 5.02 Å². The molecule has 86 valence electrons. The molecule has 0 saturated carbocycles. The highest BCUT2D eigenvalue weighted by molar-refractivity contribution is 7.89. The Hall–Kier alpha value is -1.16. The first kappa shape index (κ1) is 12.9. The molecule has 0 aliphatic carbocycles. The zero-order valence-corrected chi connectivity index (χ0v) is 9.89. The number of nitrogens with zero attached hydrogens (tertiary/aromatic N) is 2. The highest BCUT2D eigenvalue weighted by Gasteiger charge is 2.21. The average Bonchev–Trinajstić information content (AvgIpc) is 2.16. The van der Waals surface area contributed by atoms with Crippen molar-refractivity contribution < 1.29 is 12.8 Å². The Morgan fingerprint density at radius 1 is 1.50 bits per heavy atom. The molecule has 1 aromatic carbocycles. The Bertz CT molecular complexity index is 519. The minimum absolute atomic E-state index is 0.0102. The fourth-order valence-corrected chi connectivity index (χ4v) is 2.45. The van der Waals surface area contributed by atoms with Gasteiger partial charge in [0, 0.05) is 12.1 Å². The van der Waals surface area contributed by atoms with E-state index in [1.54, 1.807) is 6.07 Å². The molecule has 0 unspecified atom stereocenters. The Balaban J connectivity index is 3.23. The molecule has 0 aliphatic heterocycles. The van der Waals surface area contributed by atoms with Gasteiger partial charge in [0.15, 0.2) is 0 Å². The molecule has 16 heavy (non-hydrogen) atoms. The van der Waals surface area contributed by atoms with Crippen LogP contribution < -0.4 is 0 Å². The lowest BCUT2D eigenvalue weighted by molar-refractivity contribution is 0.500. The SMILES string of the molecule is CN(CC#N)S(=O)(=O)c1cc(F)cc(Cl)c1. The lowest BCUT2D eigenvalue weighted by Crippen LogP contribution is -2.27. The molecule has 1 aromatic rings. The largest absolute Gasteiger partial charge is 0.243 e. The van der Waals surface area contributed by atoms with Gasteiger partial charge in [-0.2, -0.15) is 9.57 Å². The van der Waals surface area contributed by atoms with E-state index in [2.05, 4.69) is 0 Å². The predicted molar refractivity (Wildman–Crippen MR) is 56.8 cm³/mol. The first-order valence-corrected chi connectivity index (χ1v) is 5.99. The van der Waals surface area contributed by atoms with Crippen molar-refractivity contribution in [2.45, 2.75) is 4.90 Å². The summed E-state index contributed by atoms with van der Waals surface area (Å²) in [7, 11) is -2.63. The third-order valence-corrected chi connectivity index (χ3v) is 3.84. The van der Waals surface area contributed by atoms with Crippen molar-refractivity contribution in [3.05, 3.63) is 29.0 Å². The van der Waals surface area contributed by atoms with Crippen molar-refractivity contribution in [2.75, 3.05) is 13.6 Å². The molecule has 0 fully saturated rings. The lowest BCUT2D eigenvalue weighted by atomic mass is 10.3. The molecule has 0 N–H and O–H groups in total. The molecule has 0 saturated heterocycles. The highest BCUT2D eigenvalue weighted by atomic mass is 35.5. The Morgan fingerprint density at radius 2 is 2.12 bits per heavy atom. The smallest absolute Gasteiger partial charge is 0.207 e. The molecule has 0 amide bonds. The minimum atomic E-state index is -3.86. The van der Waals surface area contributed by atoms with Crippen molar-refractivity contribution in [1.82, 2.24) is 4.31 Å². The maximum atomic E-state index is 13.0. The maximum Gasteiger partial charge on any atom is 0.243 e. The third kappa shape index (κ3) is 2.70. The second-order valence-electron chi connectivity index (χ2n) is 3.02. The molecule has 4 nitrogen and oxygen atoms in total. The zero-order chi connectivity index (χ0) is 12.3. The summed E-state index contributed by atoms with van der Waals surface area (Å²) in [5.74, 6) is -0.739. The van der Waals surface area contributed by atoms with Crippen LogP contribution in [-0.4, -0.2) is 26.3 Å². The van der Waals surface area contributed by atoms with E-state index in [4.69, 9.17) is 16.9 Å². The summed E-state index contributed by atoms with van der Waals surface area (Å²) in [5, 5.41) is 8.39. The summed E-state index contributed by atoms with van der Waals surface area (Å²) in [5.41, 5.74) is 0. The van der Waals surface area contributed by atoms with Gasteiger partial charge in [0.1, 0.15) is 12.4 Å². The van der Waals surface area contributed by atoms with Gasteiger partial charge in [-0.15, -0.1) is 0 Å². The number of hydrogen-bond donors (Lipinski definition) is 0. The first-order valence-electron chi connectivity index (χ1n) is 4.17. The summed E-state index contributed by atoms with van der Waals surface area (Å²) < 4.78 is 37.3. The molecule has 0 radical (unpaired) electrons. The van der Waals surface area contributed by atoms with Gasteiger partial charge in [0.25, 0.3) is 0 Å². The number of benzene rings is 1. The van der Waals surface area contributed by atoms with Crippen molar-refractivity contribution in [2.24, 2.45) is 0 Å². The van der Waals surface area contributed by atoms with E-state index < -0.39 is 15.8 Å². The second kappa shape index (κ2) is 4.78. The number of hydrogen-bond acceptors (Lipinski definition) is 3. The summed E-state index contributed by atoms with van der Waals surface area (Å²) in [6.45, 7) is -0.309. The molecular formula is C9H8ClFN2O2S. The van der Waals surface area contributed by atoms with Gasteiger partial charge in [0.05, 0.1) is 11.0 Å². The quantitative estimate of drug-likeness (QED) is 0.778. The molecule has 0 spiro atoms. The van der Waals surface area contributed by atoms with Crippen LogP contribution in [0.25, 0.3) is 0 Å². The Kier molecular flexibility index (Phi) is 3.86. The van der Waals surface area contributed by atoms with Crippen LogP contribution in [0, 0.1) is 17.1 Å². The number of rotatable bonds is 3. The van der Waals surface area contributed by atoms with Crippen LogP contribution in [0.15, 0.2) is 23.1 Å². The van der Waals surface area contributed by atoms with Crippen molar-refractivity contribution in [3.63, 3.8) is 0 Å². The molecule has 0 aromatic heterocycles. The third-order valence-electron chi connectivity index (χ3n) is 1.84. The fourth-order valence-electron chi connectivity index (χ4n) is 1.04. The summed E-state index contributed by atoms with van der Waals surface area (Å²) in [4.78, 5) is -0.268. The highest BCUT2D eigenvalue weighted by Crippen LogP contribution is 2.20. The van der Waals surface area contributed by atoms with Crippen LogP contribution >= 0.6 is 11.6 Å². The minimum Gasteiger partial charge on any atom is -0.207 e. The molecule has 1 rings (SSSR count). The molecule has 0 aliphatic rings.